The van der Waals surface area contributed by atoms with Gasteiger partial charge < -0.3 is 15.4 Å². The molecule has 0 aromatic heterocycles. The van der Waals surface area contributed by atoms with Gasteiger partial charge in [0.05, 0.1) is 12.8 Å². The number of halogens is 1. The molecule has 0 radical (unpaired) electrons. The highest BCUT2D eigenvalue weighted by Crippen LogP contribution is 2.30. The monoisotopic (exact) mass is 282 g/mol. The van der Waals surface area contributed by atoms with Gasteiger partial charge in [0.1, 0.15) is 5.75 Å². The molecule has 0 heterocycles. The lowest BCUT2D eigenvalue weighted by Crippen LogP contribution is -2.25. The molecule has 0 unspecified atom stereocenters. The van der Waals surface area contributed by atoms with Crippen molar-refractivity contribution in [2.45, 2.75) is 13.3 Å². The lowest BCUT2D eigenvalue weighted by atomic mass is 10.2. The Morgan fingerprint density at radius 2 is 2.26 bits per heavy atom. The number of hydrogen-bond donors (Lipinski definition) is 2. The Hall–Kier alpha value is -1.68. The standard InChI is InChI=1S/C14H19ClN2O2/c1-4-6-17-14(18)5-7-16-12-8-10(2)11(15)9-13(12)19-3/h4,8-9,16H,1,5-7H2,2-3H3,(H,17,18). The number of anilines is 1. The van der Waals surface area contributed by atoms with Crippen molar-refractivity contribution in [2.24, 2.45) is 0 Å². The third kappa shape index (κ3) is 4.83. The van der Waals surface area contributed by atoms with Crippen LogP contribution in [-0.4, -0.2) is 26.1 Å². The van der Waals surface area contributed by atoms with Gasteiger partial charge in [0, 0.05) is 30.6 Å². The lowest BCUT2D eigenvalue weighted by molar-refractivity contribution is -0.120. The maximum Gasteiger partial charge on any atom is 0.222 e. The molecule has 0 saturated carbocycles. The molecule has 1 aromatic carbocycles. The minimum absolute atomic E-state index is 0.0166. The van der Waals surface area contributed by atoms with Crippen molar-refractivity contribution >= 4 is 23.2 Å². The molecule has 104 valence electrons. The van der Waals surface area contributed by atoms with E-state index in [4.69, 9.17) is 16.3 Å². The highest BCUT2D eigenvalue weighted by Gasteiger charge is 2.07. The van der Waals surface area contributed by atoms with Crippen molar-refractivity contribution in [3.63, 3.8) is 0 Å². The molecule has 0 bridgehead atoms. The normalized spacial score (nSPS) is 9.84. The van der Waals surface area contributed by atoms with Crippen molar-refractivity contribution in [3.05, 3.63) is 35.4 Å². The Balaban J connectivity index is 2.55. The summed E-state index contributed by atoms with van der Waals surface area (Å²) in [6, 6.07) is 3.67. The highest BCUT2D eigenvalue weighted by atomic mass is 35.5. The number of carbonyl (C=O) groups excluding carboxylic acids is 1. The van der Waals surface area contributed by atoms with Crippen molar-refractivity contribution in [1.29, 1.82) is 0 Å². The third-order valence-corrected chi connectivity index (χ3v) is 3.00. The summed E-state index contributed by atoms with van der Waals surface area (Å²) in [5, 5.41) is 6.55. The zero-order valence-electron chi connectivity index (χ0n) is 11.3. The molecule has 0 aliphatic heterocycles. The number of nitrogens with one attached hydrogen (secondary N) is 2. The molecule has 1 aromatic rings. The second-order valence-electron chi connectivity index (χ2n) is 4.07. The van der Waals surface area contributed by atoms with Crippen LogP contribution in [0, 0.1) is 6.92 Å². The molecule has 19 heavy (non-hydrogen) atoms. The molecule has 0 spiro atoms. The number of benzene rings is 1. The average molecular weight is 283 g/mol. The van der Waals surface area contributed by atoms with E-state index in [2.05, 4.69) is 17.2 Å². The van der Waals surface area contributed by atoms with Crippen LogP contribution in [0.15, 0.2) is 24.8 Å². The molecule has 2 N–H and O–H groups in total. The summed E-state index contributed by atoms with van der Waals surface area (Å²) in [6.07, 6.45) is 2.04. The van der Waals surface area contributed by atoms with Crippen LogP contribution in [0.3, 0.4) is 0 Å². The number of amides is 1. The lowest BCUT2D eigenvalue weighted by Gasteiger charge is -2.13. The molecule has 1 rings (SSSR count). The molecule has 0 atom stereocenters. The summed E-state index contributed by atoms with van der Waals surface area (Å²) in [5.74, 6) is 0.652. The predicted molar refractivity (Wildman–Crippen MR) is 79.1 cm³/mol. The highest BCUT2D eigenvalue weighted by molar-refractivity contribution is 6.31. The fourth-order valence-corrected chi connectivity index (χ4v) is 1.71. The smallest absolute Gasteiger partial charge is 0.222 e. The maximum atomic E-state index is 11.4. The number of methoxy groups -OCH3 is 1. The predicted octanol–water partition coefficient (Wildman–Crippen LogP) is 2.76. The second kappa shape index (κ2) is 7.69. The molecule has 0 aliphatic rings. The quantitative estimate of drug-likeness (QED) is 0.756. The summed E-state index contributed by atoms with van der Waals surface area (Å²) in [7, 11) is 1.59. The Morgan fingerprint density at radius 1 is 1.53 bits per heavy atom. The molecule has 0 aliphatic carbocycles. The molecule has 5 heteroatoms. The van der Waals surface area contributed by atoms with E-state index in [1.54, 1.807) is 19.3 Å². The van der Waals surface area contributed by atoms with Gasteiger partial charge in [0.15, 0.2) is 0 Å². The number of rotatable bonds is 7. The van der Waals surface area contributed by atoms with Crippen LogP contribution >= 0.6 is 11.6 Å². The molecule has 0 fully saturated rings. The topological polar surface area (TPSA) is 50.4 Å². The van der Waals surface area contributed by atoms with Gasteiger partial charge in [-0.25, -0.2) is 0 Å². The van der Waals surface area contributed by atoms with Crippen LogP contribution < -0.4 is 15.4 Å². The minimum atomic E-state index is -0.0166. The van der Waals surface area contributed by atoms with Crippen molar-refractivity contribution in [1.82, 2.24) is 5.32 Å². The zero-order chi connectivity index (χ0) is 14.3. The van der Waals surface area contributed by atoms with Crippen molar-refractivity contribution in [3.8, 4) is 5.75 Å². The molecular formula is C14H19ClN2O2. The van der Waals surface area contributed by atoms with Gasteiger partial charge in [0.2, 0.25) is 5.91 Å². The molecule has 1 amide bonds. The Bertz CT molecular complexity index is 461. The van der Waals surface area contributed by atoms with E-state index >= 15 is 0 Å². The number of aryl methyl sites for hydroxylation is 1. The summed E-state index contributed by atoms with van der Waals surface area (Å²) in [4.78, 5) is 11.4. The first-order valence-electron chi connectivity index (χ1n) is 6.04. The molecular weight excluding hydrogens is 264 g/mol. The molecule has 0 saturated heterocycles. The van der Waals surface area contributed by atoms with E-state index in [0.29, 0.717) is 30.3 Å². The van der Waals surface area contributed by atoms with Crippen LogP contribution in [-0.2, 0) is 4.79 Å². The minimum Gasteiger partial charge on any atom is -0.495 e. The van der Waals surface area contributed by atoms with E-state index in [1.165, 1.54) is 0 Å². The second-order valence-corrected chi connectivity index (χ2v) is 4.48. The Labute approximate surface area is 118 Å². The Morgan fingerprint density at radius 3 is 2.89 bits per heavy atom. The van der Waals surface area contributed by atoms with E-state index in [0.717, 1.165) is 11.3 Å². The largest absolute Gasteiger partial charge is 0.495 e. The van der Waals surface area contributed by atoms with Gasteiger partial charge >= 0.3 is 0 Å². The number of hydrogen-bond acceptors (Lipinski definition) is 3. The first-order valence-corrected chi connectivity index (χ1v) is 6.42. The van der Waals surface area contributed by atoms with Crippen LogP contribution in [0.2, 0.25) is 5.02 Å². The fourth-order valence-electron chi connectivity index (χ4n) is 1.56. The van der Waals surface area contributed by atoms with Gasteiger partial charge in [-0.05, 0) is 18.6 Å². The van der Waals surface area contributed by atoms with Crippen molar-refractivity contribution in [2.75, 3.05) is 25.5 Å². The summed E-state index contributed by atoms with van der Waals surface area (Å²) in [5.41, 5.74) is 1.79. The van der Waals surface area contributed by atoms with E-state index in [-0.39, 0.29) is 5.91 Å². The zero-order valence-corrected chi connectivity index (χ0v) is 12.0. The number of carbonyl (C=O) groups is 1. The van der Waals surface area contributed by atoms with Gasteiger partial charge in [-0.2, -0.15) is 0 Å². The summed E-state index contributed by atoms with van der Waals surface area (Å²) in [6.45, 7) is 6.48. The van der Waals surface area contributed by atoms with Crippen LogP contribution in [0.4, 0.5) is 5.69 Å². The molecule has 4 nitrogen and oxygen atoms in total. The summed E-state index contributed by atoms with van der Waals surface area (Å²) >= 11 is 6.02. The summed E-state index contributed by atoms with van der Waals surface area (Å²) < 4.78 is 5.24. The van der Waals surface area contributed by atoms with E-state index < -0.39 is 0 Å². The SMILES string of the molecule is C=CCNC(=O)CCNc1cc(C)c(Cl)cc1OC. The van der Waals surface area contributed by atoms with Gasteiger partial charge in [-0.15, -0.1) is 6.58 Å². The number of ether oxygens (including phenoxy) is 1. The fraction of sp³-hybridized carbons (Fsp3) is 0.357. The van der Waals surface area contributed by atoms with Gasteiger partial charge in [0.25, 0.3) is 0 Å². The van der Waals surface area contributed by atoms with Gasteiger partial charge in [-0.1, -0.05) is 17.7 Å². The van der Waals surface area contributed by atoms with Crippen LogP contribution in [0.25, 0.3) is 0 Å². The van der Waals surface area contributed by atoms with Crippen molar-refractivity contribution < 1.29 is 9.53 Å². The first kappa shape index (κ1) is 15.4. The first-order chi connectivity index (χ1) is 9.08. The Kier molecular flexibility index (Phi) is 6.22. The van der Waals surface area contributed by atoms with Crippen LogP contribution in [0.5, 0.6) is 5.75 Å². The van der Waals surface area contributed by atoms with E-state index in [1.807, 2.05) is 13.0 Å². The maximum absolute atomic E-state index is 11.4. The van der Waals surface area contributed by atoms with E-state index in [9.17, 15) is 4.79 Å². The average Bonchev–Trinajstić information content (AvgIpc) is 2.40. The van der Waals surface area contributed by atoms with Crippen LogP contribution in [0.1, 0.15) is 12.0 Å². The van der Waals surface area contributed by atoms with Gasteiger partial charge in [-0.3, -0.25) is 4.79 Å². The third-order valence-electron chi connectivity index (χ3n) is 2.59.